The molecule has 0 saturated carbocycles. The van der Waals surface area contributed by atoms with E-state index in [1.54, 1.807) is 54.6 Å². The van der Waals surface area contributed by atoms with Crippen LogP contribution < -0.4 is 14.4 Å². The number of hydrogen-bond acceptors (Lipinski definition) is 7. The van der Waals surface area contributed by atoms with Crippen molar-refractivity contribution in [2.45, 2.75) is 19.5 Å². The van der Waals surface area contributed by atoms with Gasteiger partial charge in [0.15, 0.2) is 23.1 Å². The van der Waals surface area contributed by atoms with Gasteiger partial charge in [-0.05, 0) is 24.3 Å². The molecular weight excluding hydrogens is 424 g/mol. The smallest absolute Gasteiger partial charge is 0.228 e. The molecule has 4 heterocycles. The Morgan fingerprint density at radius 2 is 1.94 bits per heavy atom. The summed E-state index contributed by atoms with van der Waals surface area (Å²) in [6.07, 6.45) is 3.64. The van der Waals surface area contributed by atoms with Crippen molar-refractivity contribution in [1.29, 1.82) is 0 Å². The Morgan fingerprint density at radius 1 is 1.09 bits per heavy atom. The van der Waals surface area contributed by atoms with Crippen LogP contribution in [0.1, 0.15) is 12.2 Å². The van der Waals surface area contributed by atoms with E-state index in [1.165, 1.54) is 0 Å². The molecule has 33 heavy (non-hydrogen) atoms. The maximum Gasteiger partial charge on any atom is 0.228 e. The number of benzene rings is 1. The number of anilines is 1. The summed E-state index contributed by atoms with van der Waals surface area (Å²) in [5.41, 5.74) is 1.58. The highest BCUT2D eigenvalue weighted by Crippen LogP contribution is 2.34. The molecule has 1 unspecified atom stereocenters. The van der Waals surface area contributed by atoms with E-state index in [0.29, 0.717) is 43.4 Å². The fourth-order valence-corrected chi connectivity index (χ4v) is 4.43. The van der Waals surface area contributed by atoms with Crippen LogP contribution in [0.3, 0.4) is 0 Å². The molecule has 0 N–H and O–H groups in total. The first-order chi connectivity index (χ1) is 16.1. The lowest BCUT2D eigenvalue weighted by molar-refractivity contribution is -0.137. The minimum Gasteiger partial charge on any atom is -0.493 e. The Bertz CT molecular complexity index is 1190. The van der Waals surface area contributed by atoms with E-state index in [2.05, 4.69) is 15.2 Å². The predicted octanol–water partition coefficient (Wildman–Crippen LogP) is 1.75. The van der Waals surface area contributed by atoms with Crippen molar-refractivity contribution in [3.8, 4) is 22.9 Å². The monoisotopic (exact) mass is 448 g/mol. The summed E-state index contributed by atoms with van der Waals surface area (Å²) in [6.45, 7) is 1.83. The summed E-state index contributed by atoms with van der Waals surface area (Å²) in [7, 11) is 3.11. The maximum absolute atomic E-state index is 13.3. The average molecular weight is 448 g/mol. The number of rotatable bonds is 5. The normalized spacial score (nSPS) is 17.8. The predicted molar refractivity (Wildman–Crippen MR) is 119 cm³/mol. The Morgan fingerprint density at radius 3 is 2.70 bits per heavy atom. The third-order valence-corrected chi connectivity index (χ3v) is 6.14. The van der Waals surface area contributed by atoms with Gasteiger partial charge >= 0.3 is 0 Å². The van der Waals surface area contributed by atoms with Crippen molar-refractivity contribution < 1.29 is 19.1 Å². The first-order valence-electron chi connectivity index (χ1n) is 10.7. The molecule has 0 radical (unpaired) electrons. The first-order valence-corrected chi connectivity index (χ1v) is 10.7. The summed E-state index contributed by atoms with van der Waals surface area (Å²) in [5, 5.41) is 8.60. The molecule has 2 aliphatic rings. The summed E-state index contributed by atoms with van der Waals surface area (Å²) < 4.78 is 12.6. The molecule has 10 heteroatoms. The number of hydrogen-bond donors (Lipinski definition) is 0. The minimum absolute atomic E-state index is 0.0384. The Labute approximate surface area is 190 Å². The largest absolute Gasteiger partial charge is 0.493 e. The van der Waals surface area contributed by atoms with E-state index in [4.69, 9.17) is 9.47 Å². The molecule has 5 rings (SSSR count). The summed E-state index contributed by atoms with van der Waals surface area (Å²) in [6, 6.07) is 9.11. The topological polar surface area (TPSA) is 103 Å². The molecule has 1 saturated heterocycles. The lowest BCUT2D eigenvalue weighted by atomic mass is 10.1. The van der Waals surface area contributed by atoms with Gasteiger partial charge in [-0.25, -0.2) is 0 Å². The molecule has 0 spiro atoms. The van der Waals surface area contributed by atoms with Crippen LogP contribution >= 0.6 is 0 Å². The SMILES string of the molecule is COc1ccc(N2CC(C(=O)N3CCn4c(nnc4-c4cccnc4)C3)CC2=O)cc1OC. The third kappa shape index (κ3) is 3.77. The number of carbonyl (C=O) groups is 2. The van der Waals surface area contributed by atoms with Gasteiger partial charge in [0.05, 0.1) is 26.7 Å². The number of carbonyl (C=O) groups excluding carboxylic acids is 2. The van der Waals surface area contributed by atoms with Crippen molar-refractivity contribution in [3.05, 3.63) is 48.5 Å². The Kier molecular flexibility index (Phi) is 5.41. The van der Waals surface area contributed by atoms with Gasteiger partial charge in [0.2, 0.25) is 11.8 Å². The third-order valence-electron chi connectivity index (χ3n) is 6.14. The number of pyridine rings is 1. The second kappa shape index (κ2) is 8.53. The van der Waals surface area contributed by atoms with Gasteiger partial charge in [0, 0.05) is 55.8 Å². The van der Waals surface area contributed by atoms with E-state index in [-0.39, 0.29) is 18.2 Å². The van der Waals surface area contributed by atoms with Crippen molar-refractivity contribution in [3.63, 3.8) is 0 Å². The number of fused-ring (bicyclic) bond motifs is 1. The van der Waals surface area contributed by atoms with Gasteiger partial charge in [-0.15, -0.1) is 10.2 Å². The molecule has 0 aliphatic carbocycles. The van der Waals surface area contributed by atoms with Crippen LogP contribution in [-0.2, 0) is 22.7 Å². The lowest BCUT2D eigenvalue weighted by Gasteiger charge is -2.29. The van der Waals surface area contributed by atoms with Crippen LogP contribution in [0.15, 0.2) is 42.7 Å². The molecule has 170 valence electrons. The van der Waals surface area contributed by atoms with E-state index in [0.717, 1.165) is 17.2 Å². The standard InChI is InChI=1S/C23H24N6O4/c1-32-18-6-5-17(11-19(18)33-2)29-13-16(10-21(29)30)23(31)27-8-9-28-20(14-27)25-26-22(28)15-4-3-7-24-12-15/h3-7,11-12,16H,8-10,13-14H2,1-2H3. The van der Waals surface area contributed by atoms with Crippen LogP contribution in [0.4, 0.5) is 5.69 Å². The highest BCUT2D eigenvalue weighted by molar-refractivity contribution is 6.00. The van der Waals surface area contributed by atoms with Gasteiger partial charge < -0.3 is 23.8 Å². The summed E-state index contributed by atoms with van der Waals surface area (Å²) in [5.74, 6) is 2.08. The zero-order chi connectivity index (χ0) is 22.9. The molecule has 1 aromatic carbocycles. The lowest BCUT2D eigenvalue weighted by Crippen LogP contribution is -2.42. The van der Waals surface area contributed by atoms with Crippen LogP contribution in [0.5, 0.6) is 11.5 Å². The van der Waals surface area contributed by atoms with E-state index in [1.807, 2.05) is 16.7 Å². The molecule has 2 aliphatic heterocycles. The molecule has 1 atom stereocenters. The molecule has 2 aromatic heterocycles. The van der Waals surface area contributed by atoms with Crippen LogP contribution in [-0.4, -0.2) is 63.8 Å². The van der Waals surface area contributed by atoms with Gasteiger partial charge in [0.1, 0.15) is 0 Å². The number of methoxy groups -OCH3 is 2. The van der Waals surface area contributed by atoms with Crippen molar-refractivity contribution in [1.82, 2.24) is 24.6 Å². The van der Waals surface area contributed by atoms with Gasteiger partial charge in [-0.3, -0.25) is 14.6 Å². The quantitative estimate of drug-likeness (QED) is 0.586. The second-order valence-corrected chi connectivity index (χ2v) is 8.04. The zero-order valence-corrected chi connectivity index (χ0v) is 18.5. The van der Waals surface area contributed by atoms with Crippen molar-refractivity contribution >= 4 is 17.5 Å². The van der Waals surface area contributed by atoms with E-state index >= 15 is 0 Å². The van der Waals surface area contributed by atoms with Crippen molar-refractivity contribution in [2.24, 2.45) is 5.92 Å². The van der Waals surface area contributed by atoms with E-state index < -0.39 is 5.92 Å². The van der Waals surface area contributed by atoms with Gasteiger partial charge in [-0.2, -0.15) is 0 Å². The maximum atomic E-state index is 13.3. The fraction of sp³-hybridized carbons (Fsp3) is 0.348. The number of aromatic nitrogens is 4. The first kappa shape index (κ1) is 20.9. The fourth-order valence-electron chi connectivity index (χ4n) is 4.43. The average Bonchev–Trinajstić information content (AvgIpc) is 3.46. The van der Waals surface area contributed by atoms with Crippen molar-refractivity contribution in [2.75, 3.05) is 32.2 Å². The van der Waals surface area contributed by atoms with E-state index in [9.17, 15) is 9.59 Å². The van der Waals surface area contributed by atoms with Gasteiger partial charge in [0.25, 0.3) is 0 Å². The number of ether oxygens (including phenoxy) is 2. The molecule has 10 nitrogen and oxygen atoms in total. The summed E-state index contributed by atoms with van der Waals surface area (Å²) >= 11 is 0. The number of nitrogens with zero attached hydrogens (tertiary/aromatic N) is 6. The Balaban J connectivity index is 1.30. The minimum atomic E-state index is -0.405. The molecular formula is C23H24N6O4. The van der Waals surface area contributed by atoms with Crippen LogP contribution in [0.2, 0.25) is 0 Å². The van der Waals surface area contributed by atoms with Gasteiger partial charge in [-0.1, -0.05) is 0 Å². The molecule has 1 fully saturated rings. The zero-order valence-electron chi connectivity index (χ0n) is 18.5. The second-order valence-electron chi connectivity index (χ2n) is 8.04. The summed E-state index contributed by atoms with van der Waals surface area (Å²) in [4.78, 5) is 33.6. The molecule has 0 bridgehead atoms. The number of amides is 2. The molecule has 3 aromatic rings. The Hall–Kier alpha value is -3.95. The highest BCUT2D eigenvalue weighted by Gasteiger charge is 2.38. The highest BCUT2D eigenvalue weighted by atomic mass is 16.5. The molecule has 2 amide bonds. The van der Waals surface area contributed by atoms with Crippen LogP contribution in [0, 0.1) is 5.92 Å². The van der Waals surface area contributed by atoms with Crippen LogP contribution in [0.25, 0.3) is 11.4 Å².